The number of hydrogen-bond donors (Lipinski definition) is 0. The van der Waals surface area contributed by atoms with Crippen molar-refractivity contribution in [2.24, 2.45) is 7.05 Å². The minimum Gasteiger partial charge on any atom is -0.376 e. The van der Waals surface area contributed by atoms with Gasteiger partial charge in [0.15, 0.2) is 5.13 Å². The predicted molar refractivity (Wildman–Crippen MR) is 122 cm³/mol. The maximum Gasteiger partial charge on any atom is 0.274 e. The highest BCUT2D eigenvalue weighted by Gasteiger charge is 2.27. The molecule has 1 aliphatic heterocycles. The van der Waals surface area contributed by atoms with Gasteiger partial charge < -0.3 is 4.74 Å². The number of aryl methyl sites for hydroxylation is 1. The van der Waals surface area contributed by atoms with Crippen LogP contribution in [0, 0.1) is 0 Å². The van der Waals surface area contributed by atoms with Gasteiger partial charge in [0, 0.05) is 19.0 Å². The van der Waals surface area contributed by atoms with E-state index in [9.17, 15) is 9.59 Å². The van der Waals surface area contributed by atoms with E-state index < -0.39 is 0 Å². The first-order chi connectivity index (χ1) is 15.1. The van der Waals surface area contributed by atoms with Gasteiger partial charge >= 0.3 is 0 Å². The molecular weight excluding hydrogens is 412 g/mol. The number of hydrogen-bond acceptors (Lipinski definition) is 6. The van der Waals surface area contributed by atoms with Crippen molar-refractivity contribution in [2.45, 2.75) is 25.4 Å². The molecular formula is C23H22N4O3S. The number of rotatable bonds is 5. The first-order valence-electron chi connectivity index (χ1n) is 10.3. The summed E-state index contributed by atoms with van der Waals surface area (Å²) >= 11 is 1.50. The molecule has 1 amide bonds. The second-order valence-corrected chi connectivity index (χ2v) is 8.71. The van der Waals surface area contributed by atoms with Crippen LogP contribution in [0.1, 0.15) is 18.5 Å². The fourth-order valence-corrected chi connectivity index (χ4v) is 4.99. The molecule has 0 radical (unpaired) electrons. The minimum atomic E-state index is -0.172. The van der Waals surface area contributed by atoms with Crippen molar-refractivity contribution in [2.75, 3.05) is 18.1 Å². The van der Waals surface area contributed by atoms with Crippen molar-refractivity contribution in [3.63, 3.8) is 0 Å². The van der Waals surface area contributed by atoms with Gasteiger partial charge in [-0.05, 0) is 31.0 Å². The molecule has 31 heavy (non-hydrogen) atoms. The lowest BCUT2D eigenvalue weighted by Gasteiger charge is -2.23. The summed E-state index contributed by atoms with van der Waals surface area (Å²) < 4.78 is 8.14. The molecule has 2 aromatic carbocycles. The highest BCUT2D eigenvalue weighted by atomic mass is 32.1. The summed E-state index contributed by atoms with van der Waals surface area (Å²) in [6.07, 6.45) is 2.01. The number of thiazole rings is 1. The van der Waals surface area contributed by atoms with Gasteiger partial charge in [0.25, 0.3) is 5.56 Å². The Kier molecular flexibility index (Phi) is 5.25. The summed E-state index contributed by atoms with van der Waals surface area (Å²) in [4.78, 5) is 32.4. The first kappa shape index (κ1) is 19.8. The van der Waals surface area contributed by atoms with Crippen molar-refractivity contribution >= 4 is 43.4 Å². The quantitative estimate of drug-likeness (QED) is 0.482. The van der Waals surface area contributed by atoms with E-state index in [0.717, 1.165) is 29.7 Å². The van der Waals surface area contributed by atoms with Crippen LogP contribution in [0.25, 0.3) is 21.0 Å². The molecule has 3 heterocycles. The second-order valence-electron chi connectivity index (χ2n) is 7.70. The fraction of sp³-hybridized carbons (Fsp3) is 0.304. The van der Waals surface area contributed by atoms with E-state index >= 15 is 0 Å². The van der Waals surface area contributed by atoms with Crippen LogP contribution < -0.4 is 10.5 Å². The third-order valence-corrected chi connectivity index (χ3v) is 6.64. The van der Waals surface area contributed by atoms with Crippen molar-refractivity contribution in [1.29, 1.82) is 0 Å². The molecule has 5 rings (SSSR count). The van der Waals surface area contributed by atoms with Crippen molar-refractivity contribution in [3.8, 4) is 0 Å². The average molecular weight is 435 g/mol. The lowest BCUT2D eigenvalue weighted by Crippen LogP contribution is -2.39. The summed E-state index contributed by atoms with van der Waals surface area (Å²) in [6.45, 7) is 1.18. The van der Waals surface area contributed by atoms with E-state index in [-0.39, 0.29) is 24.0 Å². The second kappa shape index (κ2) is 8.20. The van der Waals surface area contributed by atoms with E-state index in [0.29, 0.717) is 28.1 Å². The van der Waals surface area contributed by atoms with Crippen molar-refractivity contribution in [1.82, 2.24) is 14.8 Å². The summed E-state index contributed by atoms with van der Waals surface area (Å²) in [5.74, 6) is -0.106. The lowest BCUT2D eigenvalue weighted by atomic mass is 10.1. The van der Waals surface area contributed by atoms with E-state index in [2.05, 4.69) is 5.10 Å². The van der Waals surface area contributed by atoms with E-state index in [1.165, 1.54) is 16.0 Å². The van der Waals surface area contributed by atoms with Crippen molar-refractivity contribution in [3.05, 3.63) is 64.6 Å². The van der Waals surface area contributed by atoms with Crippen LogP contribution in [-0.2, 0) is 23.0 Å². The first-order valence-corrected chi connectivity index (χ1v) is 11.1. The Bertz CT molecular complexity index is 1290. The molecule has 1 atom stereocenters. The Morgan fingerprint density at radius 1 is 1.19 bits per heavy atom. The Balaban J connectivity index is 1.52. The summed E-state index contributed by atoms with van der Waals surface area (Å²) in [5.41, 5.74) is 1.29. The van der Waals surface area contributed by atoms with Crippen LogP contribution in [0.15, 0.2) is 53.3 Å². The molecule has 0 bridgehead atoms. The SMILES string of the molecule is Cn1nc(CC(=O)N(CC2CCCO2)c2nc3ccccc3s2)c2ccccc2c1=O. The fourth-order valence-electron chi connectivity index (χ4n) is 4.00. The van der Waals surface area contributed by atoms with Crippen LogP contribution in [0.3, 0.4) is 0 Å². The molecule has 1 saturated heterocycles. The van der Waals surface area contributed by atoms with E-state index in [1.807, 2.05) is 42.5 Å². The van der Waals surface area contributed by atoms with Crippen LogP contribution in [0.2, 0.25) is 0 Å². The number of ether oxygens (including phenoxy) is 1. The molecule has 2 aromatic heterocycles. The third kappa shape index (κ3) is 3.84. The number of carbonyl (C=O) groups is 1. The van der Waals surface area contributed by atoms with Crippen molar-refractivity contribution < 1.29 is 9.53 Å². The number of carbonyl (C=O) groups excluding carboxylic acids is 1. The summed E-state index contributed by atoms with van der Waals surface area (Å²) in [5, 5.41) is 6.33. The normalized spacial score (nSPS) is 16.2. The Morgan fingerprint density at radius 3 is 2.74 bits per heavy atom. The van der Waals surface area contributed by atoms with Crippen LogP contribution >= 0.6 is 11.3 Å². The topological polar surface area (TPSA) is 77.3 Å². The standard InChI is InChI=1S/C23H22N4O3S/c1-26-22(29)17-9-3-2-8-16(17)19(25-26)13-21(28)27(14-15-7-6-12-30-15)23-24-18-10-4-5-11-20(18)31-23/h2-5,8-11,15H,6-7,12-14H2,1H3. The minimum absolute atomic E-state index is 0.000736. The molecule has 1 fully saturated rings. The largest absolute Gasteiger partial charge is 0.376 e. The molecule has 8 heteroatoms. The van der Waals surface area contributed by atoms with Crippen LogP contribution in [0.4, 0.5) is 5.13 Å². The molecule has 1 aliphatic rings. The highest BCUT2D eigenvalue weighted by Crippen LogP contribution is 2.30. The number of aromatic nitrogens is 3. The molecule has 0 spiro atoms. The molecule has 0 saturated carbocycles. The van der Waals surface area contributed by atoms with E-state index in [1.54, 1.807) is 18.0 Å². The van der Waals surface area contributed by atoms with Crippen LogP contribution in [0.5, 0.6) is 0 Å². The van der Waals surface area contributed by atoms with Gasteiger partial charge in [-0.2, -0.15) is 5.10 Å². The molecule has 1 unspecified atom stereocenters. The predicted octanol–water partition coefficient (Wildman–Crippen LogP) is 3.30. The maximum atomic E-state index is 13.5. The van der Waals surface area contributed by atoms with Gasteiger partial charge in [0.1, 0.15) is 0 Å². The number of amides is 1. The molecule has 158 valence electrons. The van der Waals surface area contributed by atoms with Gasteiger partial charge in [-0.25, -0.2) is 9.67 Å². The Labute approximate surface area is 182 Å². The Morgan fingerprint density at radius 2 is 1.97 bits per heavy atom. The van der Waals surface area contributed by atoms with E-state index in [4.69, 9.17) is 9.72 Å². The molecule has 0 aliphatic carbocycles. The van der Waals surface area contributed by atoms with Gasteiger partial charge in [-0.15, -0.1) is 0 Å². The maximum absolute atomic E-state index is 13.5. The smallest absolute Gasteiger partial charge is 0.274 e. The zero-order valence-corrected chi connectivity index (χ0v) is 18.0. The third-order valence-electron chi connectivity index (χ3n) is 5.58. The zero-order chi connectivity index (χ0) is 21.4. The molecule has 7 nitrogen and oxygen atoms in total. The number of para-hydroxylation sites is 1. The van der Waals surface area contributed by atoms with Gasteiger partial charge in [0.05, 0.1) is 40.4 Å². The number of fused-ring (bicyclic) bond motifs is 2. The summed E-state index contributed by atoms with van der Waals surface area (Å²) in [7, 11) is 1.61. The lowest BCUT2D eigenvalue weighted by molar-refractivity contribution is -0.118. The van der Waals surface area contributed by atoms with Crippen LogP contribution in [-0.4, -0.2) is 39.9 Å². The van der Waals surface area contributed by atoms with Gasteiger partial charge in [-0.1, -0.05) is 41.7 Å². The summed E-state index contributed by atoms with van der Waals surface area (Å²) in [6, 6.07) is 15.2. The number of nitrogens with zero attached hydrogens (tertiary/aromatic N) is 4. The molecule has 4 aromatic rings. The Hall–Kier alpha value is -3.10. The van der Waals surface area contributed by atoms with Gasteiger partial charge in [0.2, 0.25) is 5.91 Å². The number of benzene rings is 2. The zero-order valence-electron chi connectivity index (χ0n) is 17.2. The molecule has 0 N–H and O–H groups in total. The average Bonchev–Trinajstić information content (AvgIpc) is 3.45. The van der Waals surface area contributed by atoms with Gasteiger partial charge in [-0.3, -0.25) is 14.5 Å². The number of anilines is 1. The monoisotopic (exact) mass is 434 g/mol. The highest BCUT2D eigenvalue weighted by molar-refractivity contribution is 7.22.